The molecule has 74 valence electrons. The van der Waals surface area contributed by atoms with Crippen molar-refractivity contribution >= 4 is 0 Å². The number of rotatable bonds is 1. The van der Waals surface area contributed by atoms with Crippen molar-refractivity contribution in [3.05, 3.63) is 11.4 Å². The molecule has 1 rings (SSSR count). The number of aromatic nitrogens is 3. The predicted molar refractivity (Wildman–Crippen MR) is 44.7 cm³/mol. The van der Waals surface area contributed by atoms with Crippen LogP contribution in [0, 0.1) is 6.92 Å². The van der Waals surface area contributed by atoms with Crippen LogP contribution in [0.4, 0.5) is 8.78 Å². The Morgan fingerprint density at radius 2 is 1.77 bits per heavy atom. The van der Waals surface area contributed by atoms with E-state index in [9.17, 15) is 8.78 Å². The number of aryl methyl sites for hydroxylation is 1. The van der Waals surface area contributed by atoms with Gasteiger partial charge < -0.3 is 0 Å². The molecule has 1 heterocycles. The van der Waals surface area contributed by atoms with Gasteiger partial charge >= 0.3 is 6.55 Å². The molecular weight excluding hydrogens is 176 g/mol. The van der Waals surface area contributed by atoms with E-state index in [2.05, 4.69) is 10.2 Å². The first kappa shape index (κ1) is 10.1. The second-order valence-corrected chi connectivity index (χ2v) is 3.98. The molecule has 0 unspecified atom stereocenters. The summed E-state index contributed by atoms with van der Waals surface area (Å²) in [4.78, 5) is 0.454. The molecule has 13 heavy (non-hydrogen) atoms. The highest BCUT2D eigenvalue weighted by molar-refractivity contribution is 5.16. The van der Waals surface area contributed by atoms with Crippen LogP contribution in [0.2, 0.25) is 0 Å². The highest BCUT2D eigenvalue weighted by atomic mass is 19.3. The van der Waals surface area contributed by atoms with Gasteiger partial charge in [-0.1, -0.05) is 20.8 Å². The molecule has 1 aromatic heterocycles. The van der Waals surface area contributed by atoms with Crippen LogP contribution in [0.5, 0.6) is 0 Å². The van der Waals surface area contributed by atoms with Crippen LogP contribution in [-0.2, 0) is 5.41 Å². The molecule has 0 radical (unpaired) electrons. The summed E-state index contributed by atoms with van der Waals surface area (Å²) in [5.74, 6) is 0. The van der Waals surface area contributed by atoms with E-state index in [1.54, 1.807) is 6.92 Å². The summed E-state index contributed by atoms with van der Waals surface area (Å²) in [6.45, 7) is 4.78. The van der Waals surface area contributed by atoms with Gasteiger partial charge in [-0.2, -0.15) is 19.0 Å². The van der Waals surface area contributed by atoms with E-state index in [4.69, 9.17) is 0 Å². The number of alkyl halides is 2. The SMILES string of the molecule is Cc1nn(C(F)F)nc1C(C)(C)C. The van der Waals surface area contributed by atoms with Gasteiger partial charge in [-0.05, 0) is 6.92 Å². The Balaban J connectivity index is 3.11. The molecule has 0 aromatic carbocycles. The van der Waals surface area contributed by atoms with Crippen molar-refractivity contribution in [2.45, 2.75) is 39.7 Å². The molecule has 0 atom stereocenters. The molecule has 0 aliphatic rings. The van der Waals surface area contributed by atoms with Gasteiger partial charge in [0.15, 0.2) is 0 Å². The zero-order chi connectivity index (χ0) is 10.2. The Kier molecular flexibility index (Phi) is 2.36. The second kappa shape index (κ2) is 3.05. The lowest BCUT2D eigenvalue weighted by Crippen LogP contribution is -2.14. The summed E-state index contributed by atoms with van der Waals surface area (Å²) in [6.07, 6.45) is 0. The minimum absolute atomic E-state index is 0.239. The lowest BCUT2D eigenvalue weighted by Gasteiger charge is -2.14. The maximum absolute atomic E-state index is 12.2. The fourth-order valence-corrected chi connectivity index (χ4v) is 1.18. The zero-order valence-electron chi connectivity index (χ0n) is 8.17. The Hall–Kier alpha value is -1.00. The quantitative estimate of drug-likeness (QED) is 0.678. The van der Waals surface area contributed by atoms with Crippen LogP contribution >= 0.6 is 0 Å². The predicted octanol–water partition coefficient (Wildman–Crippen LogP) is 2.28. The largest absolute Gasteiger partial charge is 0.348 e. The van der Waals surface area contributed by atoms with Crippen LogP contribution in [0.25, 0.3) is 0 Å². The van der Waals surface area contributed by atoms with Crippen molar-refractivity contribution in [1.82, 2.24) is 15.0 Å². The van der Waals surface area contributed by atoms with E-state index in [1.807, 2.05) is 20.8 Å². The molecule has 0 amide bonds. The lowest BCUT2D eigenvalue weighted by atomic mass is 9.91. The van der Waals surface area contributed by atoms with E-state index < -0.39 is 6.55 Å². The van der Waals surface area contributed by atoms with Crippen molar-refractivity contribution in [3.8, 4) is 0 Å². The summed E-state index contributed by atoms with van der Waals surface area (Å²) < 4.78 is 24.4. The Bertz CT molecular complexity index is 299. The first-order valence-electron chi connectivity index (χ1n) is 4.04. The van der Waals surface area contributed by atoms with Crippen molar-refractivity contribution in [1.29, 1.82) is 0 Å². The van der Waals surface area contributed by atoms with Crippen LogP contribution in [0.1, 0.15) is 38.7 Å². The van der Waals surface area contributed by atoms with Crippen LogP contribution < -0.4 is 0 Å². The van der Waals surface area contributed by atoms with Gasteiger partial charge in [0.05, 0.1) is 11.4 Å². The van der Waals surface area contributed by atoms with E-state index in [0.29, 0.717) is 16.2 Å². The molecule has 0 aliphatic heterocycles. The average molecular weight is 189 g/mol. The van der Waals surface area contributed by atoms with Crippen molar-refractivity contribution in [2.24, 2.45) is 0 Å². The summed E-state index contributed by atoms with van der Waals surface area (Å²) in [5.41, 5.74) is 0.942. The molecule has 0 bridgehead atoms. The molecule has 1 aromatic rings. The maximum Gasteiger partial charge on any atom is 0.348 e. The van der Waals surface area contributed by atoms with Crippen LogP contribution in [0.3, 0.4) is 0 Å². The standard InChI is InChI=1S/C8H13F2N3/c1-5-6(8(2,3)4)12-13(11-5)7(9)10/h7H,1-4H3. The topological polar surface area (TPSA) is 30.7 Å². The van der Waals surface area contributed by atoms with Crippen molar-refractivity contribution in [3.63, 3.8) is 0 Å². The molecule has 0 N–H and O–H groups in total. The zero-order valence-corrected chi connectivity index (χ0v) is 8.17. The fourth-order valence-electron chi connectivity index (χ4n) is 1.18. The minimum atomic E-state index is -2.66. The van der Waals surface area contributed by atoms with Gasteiger partial charge in [0, 0.05) is 5.41 Å². The van der Waals surface area contributed by atoms with Crippen molar-refractivity contribution < 1.29 is 8.78 Å². The van der Waals surface area contributed by atoms with Gasteiger partial charge in [0.25, 0.3) is 0 Å². The Labute approximate surface area is 75.7 Å². The first-order chi connectivity index (χ1) is 5.82. The summed E-state index contributed by atoms with van der Waals surface area (Å²) in [7, 11) is 0. The van der Waals surface area contributed by atoms with Gasteiger partial charge in [-0.3, -0.25) is 0 Å². The number of hydrogen-bond acceptors (Lipinski definition) is 2. The average Bonchev–Trinajstić information content (AvgIpc) is 2.29. The molecule has 0 fully saturated rings. The Morgan fingerprint density at radius 1 is 1.23 bits per heavy atom. The highest BCUT2D eigenvalue weighted by Crippen LogP contribution is 2.23. The molecule has 0 saturated heterocycles. The van der Waals surface area contributed by atoms with Gasteiger partial charge in [-0.15, -0.1) is 4.80 Å². The molecule has 3 nitrogen and oxygen atoms in total. The normalized spacial score (nSPS) is 12.5. The summed E-state index contributed by atoms with van der Waals surface area (Å²) in [6, 6.07) is 0. The number of halogens is 2. The lowest BCUT2D eigenvalue weighted by molar-refractivity contribution is 0.0404. The highest BCUT2D eigenvalue weighted by Gasteiger charge is 2.23. The third kappa shape index (κ3) is 2.02. The van der Waals surface area contributed by atoms with Crippen LogP contribution in [0.15, 0.2) is 0 Å². The van der Waals surface area contributed by atoms with E-state index in [1.165, 1.54) is 0 Å². The number of hydrogen-bond donors (Lipinski definition) is 0. The minimum Gasteiger partial charge on any atom is -0.182 e. The van der Waals surface area contributed by atoms with Gasteiger partial charge in [0.2, 0.25) is 0 Å². The molecule has 5 heteroatoms. The molecule has 0 spiro atoms. The van der Waals surface area contributed by atoms with Crippen LogP contribution in [-0.4, -0.2) is 15.0 Å². The summed E-state index contributed by atoms with van der Waals surface area (Å²) >= 11 is 0. The van der Waals surface area contributed by atoms with E-state index >= 15 is 0 Å². The second-order valence-electron chi connectivity index (χ2n) is 3.98. The Morgan fingerprint density at radius 3 is 2.00 bits per heavy atom. The first-order valence-corrected chi connectivity index (χ1v) is 4.04. The maximum atomic E-state index is 12.2. The van der Waals surface area contributed by atoms with Crippen molar-refractivity contribution in [2.75, 3.05) is 0 Å². The smallest absolute Gasteiger partial charge is 0.182 e. The third-order valence-corrected chi connectivity index (χ3v) is 1.68. The van der Waals surface area contributed by atoms with E-state index in [0.717, 1.165) is 0 Å². The third-order valence-electron chi connectivity index (χ3n) is 1.68. The molecule has 0 aliphatic carbocycles. The fraction of sp³-hybridized carbons (Fsp3) is 0.750. The van der Waals surface area contributed by atoms with Gasteiger partial charge in [-0.25, -0.2) is 0 Å². The molecular formula is C8H13F2N3. The molecule has 0 saturated carbocycles. The van der Waals surface area contributed by atoms with E-state index in [-0.39, 0.29) is 5.41 Å². The summed E-state index contributed by atoms with van der Waals surface area (Å²) in [5, 5.41) is 7.37. The number of nitrogens with zero attached hydrogens (tertiary/aromatic N) is 3. The monoisotopic (exact) mass is 189 g/mol. The van der Waals surface area contributed by atoms with Gasteiger partial charge in [0.1, 0.15) is 0 Å².